The van der Waals surface area contributed by atoms with Crippen LogP contribution in [0.4, 0.5) is 0 Å². The van der Waals surface area contributed by atoms with Gasteiger partial charge in [-0.25, -0.2) is 0 Å². The van der Waals surface area contributed by atoms with E-state index in [2.05, 4.69) is 20.8 Å². The molecule has 0 aromatic carbocycles. The van der Waals surface area contributed by atoms with Gasteiger partial charge in [-0.2, -0.15) is 0 Å². The number of rotatable bonds is 2. The van der Waals surface area contributed by atoms with Crippen molar-refractivity contribution in [3.63, 3.8) is 0 Å². The molecule has 0 radical (unpaired) electrons. The highest BCUT2D eigenvalue weighted by molar-refractivity contribution is 5.78. The van der Waals surface area contributed by atoms with E-state index in [9.17, 15) is 4.79 Å². The Balaban J connectivity index is 2.33. The molecule has 1 aliphatic rings. The number of carbonyl (C=O) groups is 1. The second-order valence-corrected chi connectivity index (χ2v) is 5.31. The summed E-state index contributed by atoms with van der Waals surface area (Å²) in [5, 5.41) is 0. The van der Waals surface area contributed by atoms with Crippen molar-refractivity contribution in [3.8, 4) is 0 Å². The lowest BCUT2D eigenvalue weighted by molar-refractivity contribution is -0.124. The molecule has 1 fully saturated rings. The number of Topliss-reactive ketones (excluding diaryl/α,β-unsaturated/α-hetero) is 1. The molecule has 0 N–H and O–H groups in total. The van der Waals surface area contributed by atoms with Crippen molar-refractivity contribution >= 4 is 5.78 Å². The van der Waals surface area contributed by atoms with Gasteiger partial charge in [0, 0.05) is 5.92 Å². The van der Waals surface area contributed by atoms with Crippen molar-refractivity contribution in [2.24, 2.45) is 5.92 Å². The first-order valence-corrected chi connectivity index (χ1v) is 5.57. The van der Waals surface area contributed by atoms with Gasteiger partial charge in [0.05, 0.1) is 11.7 Å². The molecule has 0 bridgehead atoms. The minimum Gasteiger partial charge on any atom is -0.373 e. The highest BCUT2D eigenvalue weighted by atomic mass is 16.5. The van der Waals surface area contributed by atoms with Gasteiger partial charge in [0.1, 0.15) is 5.78 Å². The van der Waals surface area contributed by atoms with Gasteiger partial charge in [-0.05, 0) is 53.4 Å². The minimum atomic E-state index is -0.0479. The number of ketones is 1. The summed E-state index contributed by atoms with van der Waals surface area (Å²) >= 11 is 0. The number of ether oxygens (including phenoxy) is 1. The summed E-state index contributed by atoms with van der Waals surface area (Å²) in [5.74, 6) is 0.647. The average molecular weight is 198 g/mol. The van der Waals surface area contributed by atoms with Crippen molar-refractivity contribution in [2.45, 2.75) is 65.1 Å². The summed E-state index contributed by atoms with van der Waals surface area (Å²) in [6.45, 7) is 7.97. The quantitative estimate of drug-likeness (QED) is 0.682. The molecule has 0 amide bonds. The summed E-state index contributed by atoms with van der Waals surface area (Å²) in [4.78, 5) is 11.1. The van der Waals surface area contributed by atoms with E-state index >= 15 is 0 Å². The van der Waals surface area contributed by atoms with Crippen LogP contribution in [0.25, 0.3) is 0 Å². The molecule has 1 aliphatic carbocycles. The molecule has 0 aliphatic heterocycles. The van der Waals surface area contributed by atoms with Crippen LogP contribution >= 0.6 is 0 Å². The first-order valence-electron chi connectivity index (χ1n) is 5.57. The van der Waals surface area contributed by atoms with Crippen molar-refractivity contribution in [1.82, 2.24) is 0 Å². The fraction of sp³-hybridized carbons (Fsp3) is 0.917. The number of carbonyl (C=O) groups excluding carboxylic acids is 1. The predicted octanol–water partition coefficient (Wildman–Crippen LogP) is 2.95. The first kappa shape index (κ1) is 11.7. The monoisotopic (exact) mass is 198 g/mol. The summed E-state index contributed by atoms with van der Waals surface area (Å²) in [6, 6.07) is 0. The summed E-state index contributed by atoms with van der Waals surface area (Å²) in [6.07, 6.45) is 4.47. The van der Waals surface area contributed by atoms with Gasteiger partial charge in [0.25, 0.3) is 0 Å². The third kappa shape index (κ3) is 3.79. The molecule has 0 aromatic rings. The molecule has 1 rings (SSSR count). The van der Waals surface area contributed by atoms with Crippen LogP contribution in [0.1, 0.15) is 53.4 Å². The van der Waals surface area contributed by atoms with Crippen LogP contribution in [0.5, 0.6) is 0 Å². The Morgan fingerprint density at radius 3 is 2.00 bits per heavy atom. The van der Waals surface area contributed by atoms with Crippen molar-refractivity contribution < 1.29 is 9.53 Å². The lowest BCUT2D eigenvalue weighted by Crippen LogP contribution is -2.31. The minimum absolute atomic E-state index is 0.0479. The predicted molar refractivity (Wildman–Crippen MR) is 57.3 cm³/mol. The maximum Gasteiger partial charge on any atom is 0.132 e. The van der Waals surface area contributed by atoms with Crippen molar-refractivity contribution in [2.75, 3.05) is 0 Å². The van der Waals surface area contributed by atoms with Crippen LogP contribution in [0.3, 0.4) is 0 Å². The Morgan fingerprint density at radius 1 is 1.14 bits per heavy atom. The molecule has 0 unspecified atom stereocenters. The summed E-state index contributed by atoms with van der Waals surface area (Å²) in [7, 11) is 0. The molecule has 14 heavy (non-hydrogen) atoms. The normalized spacial score (nSPS) is 28.9. The van der Waals surface area contributed by atoms with E-state index in [1.807, 2.05) is 0 Å². The second kappa shape index (κ2) is 4.43. The lowest BCUT2D eigenvalue weighted by Gasteiger charge is -2.32. The van der Waals surface area contributed by atoms with E-state index in [0.717, 1.165) is 25.7 Å². The van der Waals surface area contributed by atoms with E-state index in [-0.39, 0.29) is 5.60 Å². The highest BCUT2D eigenvalue weighted by Gasteiger charge is 2.27. The molecule has 0 saturated heterocycles. The van der Waals surface area contributed by atoms with E-state index < -0.39 is 0 Å². The zero-order chi connectivity index (χ0) is 10.8. The molecule has 0 heterocycles. The smallest absolute Gasteiger partial charge is 0.132 e. The van der Waals surface area contributed by atoms with Gasteiger partial charge in [0.15, 0.2) is 0 Å². The third-order valence-electron chi connectivity index (χ3n) is 2.77. The standard InChI is InChI=1S/C12H22O2/c1-9(13)10-5-7-11(8-6-10)14-12(2,3)4/h10-11H,5-8H2,1-4H3/t10-,11+. The fourth-order valence-electron chi connectivity index (χ4n) is 2.09. The van der Waals surface area contributed by atoms with Crippen LogP contribution in [0, 0.1) is 5.92 Å². The third-order valence-corrected chi connectivity index (χ3v) is 2.77. The Labute approximate surface area is 87.0 Å². The van der Waals surface area contributed by atoms with E-state index in [4.69, 9.17) is 4.74 Å². The SMILES string of the molecule is CC(=O)[C@H]1CC[C@@H](OC(C)(C)C)CC1. The molecule has 0 spiro atoms. The zero-order valence-electron chi connectivity index (χ0n) is 9.80. The van der Waals surface area contributed by atoms with Gasteiger partial charge in [-0.1, -0.05) is 0 Å². The summed E-state index contributed by atoms with van der Waals surface area (Å²) < 4.78 is 5.90. The second-order valence-electron chi connectivity index (χ2n) is 5.31. The van der Waals surface area contributed by atoms with E-state index in [1.54, 1.807) is 6.92 Å². The fourth-order valence-corrected chi connectivity index (χ4v) is 2.09. The topological polar surface area (TPSA) is 26.3 Å². The highest BCUT2D eigenvalue weighted by Crippen LogP contribution is 2.29. The van der Waals surface area contributed by atoms with E-state index in [0.29, 0.717) is 17.8 Å². The average Bonchev–Trinajstić information content (AvgIpc) is 2.02. The Bertz CT molecular complexity index is 195. The Morgan fingerprint density at radius 2 is 1.64 bits per heavy atom. The van der Waals surface area contributed by atoms with Crippen LogP contribution in [0.2, 0.25) is 0 Å². The van der Waals surface area contributed by atoms with Crippen molar-refractivity contribution in [1.29, 1.82) is 0 Å². The van der Waals surface area contributed by atoms with Crippen LogP contribution in [0.15, 0.2) is 0 Å². The number of hydrogen-bond acceptors (Lipinski definition) is 2. The summed E-state index contributed by atoms with van der Waals surface area (Å²) in [5.41, 5.74) is -0.0479. The molecule has 0 aromatic heterocycles. The molecule has 82 valence electrons. The van der Waals surface area contributed by atoms with Crippen LogP contribution in [-0.4, -0.2) is 17.5 Å². The lowest BCUT2D eigenvalue weighted by atomic mass is 9.85. The van der Waals surface area contributed by atoms with Crippen LogP contribution < -0.4 is 0 Å². The van der Waals surface area contributed by atoms with Gasteiger partial charge in [0.2, 0.25) is 0 Å². The van der Waals surface area contributed by atoms with Crippen LogP contribution in [-0.2, 0) is 9.53 Å². The molecule has 1 saturated carbocycles. The molecule has 2 heteroatoms. The van der Waals surface area contributed by atoms with Gasteiger partial charge >= 0.3 is 0 Å². The van der Waals surface area contributed by atoms with Gasteiger partial charge < -0.3 is 4.74 Å². The maximum atomic E-state index is 11.1. The van der Waals surface area contributed by atoms with Crippen molar-refractivity contribution in [3.05, 3.63) is 0 Å². The van der Waals surface area contributed by atoms with Gasteiger partial charge in [-0.3, -0.25) is 4.79 Å². The van der Waals surface area contributed by atoms with E-state index in [1.165, 1.54) is 0 Å². The molecule has 2 nitrogen and oxygen atoms in total. The molecular weight excluding hydrogens is 176 g/mol. The Kier molecular flexibility index (Phi) is 3.71. The maximum absolute atomic E-state index is 11.1. The molecule has 0 atom stereocenters. The Hall–Kier alpha value is -0.370. The van der Waals surface area contributed by atoms with Gasteiger partial charge in [-0.15, -0.1) is 0 Å². The molecular formula is C12H22O2. The zero-order valence-corrected chi connectivity index (χ0v) is 9.80. The number of hydrogen-bond donors (Lipinski definition) is 0. The first-order chi connectivity index (χ1) is 6.38. The largest absolute Gasteiger partial charge is 0.373 e.